The molecule has 0 fully saturated rings. The first-order valence-corrected chi connectivity index (χ1v) is 6.85. The summed E-state index contributed by atoms with van der Waals surface area (Å²) in [5.41, 5.74) is 0.788. The third-order valence-corrected chi connectivity index (χ3v) is 3.51. The fourth-order valence-electron chi connectivity index (χ4n) is 1.73. The number of amides is 1. The maximum absolute atomic E-state index is 12.1. The second-order valence-electron chi connectivity index (χ2n) is 3.89. The van der Waals surface area contributed by atoms with Gasteiger partial charge in [0.2, 0.25) is 0 Å². The minimum atomic E-state index is -0.0711. The number of nitrogens with zero attached hydrogens (tertiary/aromatic N) is 2. The van der Waals surface area contributed by atoms with E-state index in [0.717, 1.165) is 10.7 Å². The molecule has 0 aromatic carbocycles. The first-order chi connectivity index (χ1) is 8.65. The van der Waals surface area contributed by atoms with E-state index in [4.69, 9.17) is 4.42 Å². The molecule has 0 atom stereocenters. The predicted octanol–water partition coefficient (Wildman–Crippen LogP) is 3.19. The standard InChI is InChI=1S/C13H16N2O2S/c1-4-15(5-2)13(16)12-7-6-11(17-12)10-8-18-9(3)14-10/h6-8H,4-5H2,1-3H3. The van der Waals surface area contributed by atoms with Gasteiger partial charge in [0, 0.05) is 18.5 Å². The summed E-state index contributed by atoms with van der Waals surface area (Å²) in [6, 6.07) is 3.51. The summed E-state index contributed by atoms with van der Waals surface area (Å²) in [5, 5.41) is 2.91. The molecule has 0 saturated heterocycles. The average molecular weight is 264 g/mol. The van der Waals surface area contributed by atoms with Gasteiger partial charge in [-0.1, -0.05) is 0 Å². The number of rotatable bonds is 4. The first-order valence-electron chi connectivity index (χ1n) is 5.97. The normalized spacial score (nSPS) is 10.6. The third kappa shape index (κ3) is 2.46. The molecule has 0 saturated carbocycles. The minimum Gasteiger partial charge on any atom is -0.449 e. The van der Waals surface area contributed by atoms with Crippen molar-refractivity contribution < 1.29 is 9.21 Å². The van der Waals surface area contributed by atoms with E-state index in [1.54, 1.807) is 28.4 Å². The zero-order valence-electron chi connectivity index (χ0n) is 10.8. The molecular weight excluding hydrogens is 248 g/mol. The lowest BCUT2D eigenvalue weighted by atomic mass is 10.3. The minimum absolute atomic E-state index is 0.0711. The average Bonchev–Trinajstić information content (AvgIpc) is 2.98. The van der Waals surface area contributed by atoms with Gasteiger partial charge in [-0.05, 0) is 32.9 Å². The van der Waals surface area contributed by atoms with Gasteiger partial charge in [-0.15, -0.1) is 11.3 Å². The Labute approximate surface area is 110 Å². The molecule has 0 aliphatic heterocycles. The first kappa shape index (κ1) is 12.8. The van der Waals surface area contributed by atoms with E-state index < -0.39 is 0 Å². The number of aromatic nitrogens is 1. The zero-order chi connectivity index (χ0) is 13.1. The molecule has 18 heavy (non-hydrogen) atoms. The molecule has 0 spiro atoms. The van der Waals surface area contributed by atoms with Crippen LogP contribution in [0.25, 0.3) is 11.5 Å². The number of hydrogen-bond acceptors (Lipinski definition) is 4. The van der Waals surface area contributed by atoms with Gasteiger partial charge in [-0.2, -0.15) is 0 Å². The molecule has 96 valence electrons. The van der Waals surface area contributed by atoms with Crippen molar-refractivity contribution in [3.05, 3.63) is 28.3 Å². The van der Waals surface area contributed by atoms with E-state index in [1.807, 2.05) is 26.2 Å². The summed E-state index contributed by atoms with van der Waals surface area (Å²) in [6.45, 7) is 7.21. The van der Waals surface area contributed by atoms with Crippen molar-refractivity contribution in [1.82, 2.24) is 9.88 Å². The fraction of sp³-hybridized carbons (Fsp3) is 0.385. The molecule has 0 aliphatic carbocycles. The quantitative estimate of drug-likeness (QED) is 0.852. The summed E-state index contributed by atoms with van der Waals surface area (Å²) in [7, 11) is 0. The molecule has 0 bridgehead atoms. The van der Waals surface area contributed by atoms with Crippen molar-refractivity contribution in [3.8, 4) is 11.5 Å². The maximum Gasteiger partial charge on any atom is 0.289 e. The van der Waals surface area contributed by atoms with Crippen LogP contribution in [0.3, 0.4) is 0 Å². The highest BCUT2D eigenvalue weighted by Gasteiger charge is 2.17. The van der Waals surface area contributed by atoms with Gasteiger partial charge in [-0.3, -0.25) is 4.79 Å². The Morgan fingerprint density at radius 3 is 2.67 bits per heavy atom. The van der Waals surface area contributed by atoms with Gasteiger partial charge in [0.05, 0.1) is 5.01 Å². The third-order valence-electron chi connectivity index (χ3n) is 2.74. The largest absolute Gasteiger partial charge is 0.449 e. The highest BCUT2D eigenvalue weighted by atomic mass is 32.1. The van der Waals surface area contributed by atoms with Crippen LogP contribution in [0.5, 0.6) is 0 Å². The summed E-state index contributed by atoms with van der Waals surface area (Å²) >= 11 is 1.57. The second-order valence-corrected chi connectivity index (χ2v) is 4.96. The van der Waals surface area contributed by atoms with Crippen LogP contribution < -0.4 is 0 Å². The van der Waals surface area contributed by atoms with Crippen LogP contribution in [0, 0.1) is 6.92 Å². The Kier molecular flexibility index (Phi) is 3.81. The van der Waals surface area contributed by atoms with Gasteiger partial charge in [0.15, 0.2) is 11.5 Å². The maximum atomic E-state index is 12.1. The Hall–Kier alpha value is -1.62. The van der Waals surface area contributed by atoms with Crippen LogP contribution in [0.15, 0.2) is 21.9 Å². The Bertz CT molecular complexity index is 541. The van der Waals surface area contributed by atoms with Crippen molar-refractivity contribution in [2.75, 3.05) is 13.1 Å². The molecule has 0 unspecified atom stereocenters. The van der Waals surface area contributed by atoms with E-state index >= 15 is 0 Å². The summed E-state index contributed by atoms with van der Waals surface area (Å²) < 4.78 is 5.58. The molecule has 2 aromatic heterocycles. The van der Waals surface area contributed by atoms with Gasteiger partial charge in [-0.25, -0.2) is 4.98 Å². The van der Waals surface area contributed by atoms with E-state index in [1.165, 1.54) is 0 Å². The number of hydrogen-bond donors (Lipinski definition) is 0. The van der Waals surface area contributed by atoms with Crippen molar-refractivity contribution in [3.63, 3.8) is 0 Å². The number of aryl methyl sites for hydroxylation is 1. The lowest BCUT2D eigenvalue weighted by Gasteiger charge is -2.16. The predicted molar refractivity (Wildman–Crippen MR) is 71.8 cm³/mol. The molecule has 2 aromatic rings. The van der Waals surface area contributed by atoms with Gasteiger partial charge < -0.3 is 9.32 Å². The molecule has 0 N–H and O–H groups in total. The van der Waals surface area contributed by atoms with Crippen LogP contribution in [0.2, 0.25) is 0 Å². The number of furan rings is 1. The van der Waals surface area contributed by atoms with Crippen LogP contribution >= 0.6 is 11.3 Å². The SMILES string of the molecule is CCN(CC)C(=O)c1ccc(-c2csc(C)n2)o1. The molecule has 1 amide bonds. The van der Waals surface area contributed by atoms with Gasteiger partial charge in [0.1, 0.15) is 5.69 Å². The van der Waals surface area contributed by atoms with Crippen LogP contribution in [0.1, 0.15) is 29.4 Å². The summed E-state index contributed by atoms with van der Waals surface area (Å²) in [5.74, 6) is 0.951. The summed E-state index contributed by atoms with van der Waals surface area (Å²) in [4.78, 5) is 18.1. The molecule has 0 radical (unpaired) electrons. The Morgan fingerprint density at radius 2 is 2.11 bits per heavy atom. The lowest BCUT2D eigenvalue weighted by molar-refractivity contribution is 0.0742. The van der Waals surface area contributed by atoms with Crippen LogP contribution in [-0.4, -0.2) is 28.9 Å². The van der Waals surface area contributed by atoms with Gasteiger partial charge >= 0.3 is 0 Å². The van der Waals surface area contributed by atoms with Gasteiger partial charge in [0.25, 0.3) is 5.91 Å². The van der Waals surface area contributed by atoms with E-state index in [-0.39, 0.29) is 5.91 Å². The van der Waals surface area contributed by atoms with Crippen molar-refractivity contribution in [2.24, 2.45) is 0 Å². The Morgan fingerprint density at radius 1 is 1.39 bits per heavy atom. The van der Waals surface area contributed by atoms with E-state index in [0.29, 0.717) is 24.6 Å². The van der Waals surface area contributed by atoms with Crippen LogP contribution in [0.4, 0.5) is 0 Å². The zero-order valence-corrected chi connectivity index (χ0v) is 11.6. The smallest absolute Gasteiger partial charge is 0.289 e. The number of carbonyl (C=O) groups is 1. The lowest BCUT2D eigenvalue weighted by Crippen LogP contribution is -2.30. The Balaban J connectivity index is 2.23. The highest BCUT2D eigenvalue weighted by molar-refractivity contribution is 7.09. The second kappa shape index (κ2) is 5.35. The molecule has 2 rings (SSSR count). The van der Waals surface area contributed by atoms with Crippen LogP contribution in [-0.2, 0) is 0 Å². The number of thiazole rings is 1. The van der Waals surface area contributed by atoms with Crippen molar-refractivity contribution in [1.29, 1.82) is 0 Å². The molecule has 5 heteroatoms. The van der Waals surface area contributed by atoms with Crippen molar-refractivity contribution in [2.45, 2.75) is 20.8 Å². The molecule has 0 aliphatic rings. The topological polar surface area (TPSA) is 46.3 Å². The summed E-state index contributed by atoms with van der Waals surface area (Å²) in [6.07, 6.45) is 0. The molecular formula is C13H16N2O2S. The fourth-order valence-corrected chi connectivity index (χ4v) is 2.34. The molecule has 4 nitrogen and oxygen atoms in total. The van der Waals surface area contributed by atoms with E-state index in [2.05, 4.69) is 4.98 Å². The number of carbonyl (C=O) groups excluding carboxylic acids is 1. The van der Waals surface area contributed by atoms with E-state index in [9.17, 15) is 4.79 Å². The highest BCUT2D eigenvalue weighted by Crippen LogP contribution is 2.24. The monoisotopic (exact) mass is 264 g/mol. The molecule has 2 heterocycles. The van der Waals surface area contributed by atoms with Crippen molar-refractivity contribution >= 4 is 17.2 Å².